The maximum Gasteiger partial charge on any atom is 0.183 e. The van der Waals surface area contributed by atoms with Gasteiger partial charge < -0.3 is 9.47 Å². The van der Waals surface area contributed by atoms with E-state index in [1.807, 2.05) is 13.8 Å². The highest BCUT2D eigenvalue weighted by molar-refractivity contribution is 7.91. The molecule has 0 atom stereocenters. The molecule has 0 radical (unpaired) electrons. The van der Waals surface area contributed by atoms with Crippen molar-refractivity contribution < 1.29 is 17.9 Å². The molecule has 0 aliphatic carbocycles. The van der Waals surface area contributed by atoms with E-state index in [0.29, 0.717) is 4.90 Å². The Hall–Kier alpha value is -0.910. The van der Waals surface area contributed by atoms with Gasteiger partial charge in [-0.05, 0) is 37.1 Å². The van der Waals surface area contributed by atoms with Gasteiger partial charge in [0, 0.05) is 14.2 Å². The highest BCUT2D eigenvalue weighted by Crippen LogP contribution is 2.17. The molecule has 17 heavy (non-hydrogen) atoms. The van der Waals surface area contributed by atoms with Crippen molar-refractivity contribution in [2.24, 2.45) is 0 Å². The molecule has 0 unspecified atom stereocenters. The highest BCUT2D eigenvalue weighted by atomic mass is 32.2. The van der Waals surface area contributed by atoms with E-state index in [1.54, 1.807) is 18.2 Å². The molecular formula is C12H18O4S. The summed E-state index contributed by atoms with van der Waals surface area (Å²) in [6.07, 6.45) is -0.735. The van der Waals surface area contributed by atoms with Crippen molar-refractivity contribution in [1.29, 1.82) is 0 Å². The van der Waals surface area contributed by atoms with E-state index in [4.69, 9.17) is 9.47 Å². The maximum absolute atomic E-state index is 12.1. The van der Waals surface area contributed by atoms with Crippen molar-refractivity contribution >= 4 is 9.84 Å². The summed E-state index contributed by atoms with van der Waals surface area (Å²) in [5.41, 5.74) is 2.02. The molecule has 0 aliphatic heterocycles. The second kappa shape index (κ2) is 5.62. The number of methoxy groups -OCH3 is 2. The maximum atomic E-state index is 12.1. The van der Waals surface area contributed by atoms with Crippen LogP contribution in [-0.4, -0.2) is 34.7 Å². The molecule has 0 amide bonds. The van der Waals surface area contributed by atoms with Crippen LogP contribution >= 0.6 is 0 Å². The van der Waals surface area contributed by atoms with Gasteiger partial charge in [0.05, 0.1) is 4.90 Å². The van der Waals surface area contributed by atoms with Crippen LogP contribution in [0.15, 0.2) is 23.1 Å². The van der Waals surface area contributed by atoms with Crippen molar-refractivity contribution in [1.82, 2.24) is 0 Å². The van der Waals surface area contributed by atoms with Gasteiger partial charge in [0.15, 0.2) is 16.1 Å². The fraction of sp³-hybridized carbons (Fsp3) is 0.500. The Bertz CT molecular complexity index is 475. The molecule has 0 heterocycles. The quantitative estimate of drug-likeness (QED) is 0.754. The molecule has 0 N–H and O–H groups in total. The van der Waals surface area contributed by atoms with Crippen LogP contribution in [-0.2, 0) is 19.3 Å². The monoisotopic (exact) mass is 258 g/mol. The minimum absolute atomic E-state index is 0.178. The molecule has 1 aromatic carbocycles. The summed E-state index contributed by atoms with van der Waals surface area (Å²) in [4.78, 5) is 0.305. The molecule has 4 nitrogen and oxygen atoms in total. The van der Waals surface area contributed by atoms with Crippen molar-refractivity contribution in [3.8, 4) is 0 Å². The van der Waals surface area contributed by atoms with E-state index in [0.717, 1.165) is 11.1 Å². The molecule has 0 saturated heterocycles. The molecule has 1 rings (SSSR count). The average molecular weight is 258 g/mol. The summed E-state index contributed by atoms with van der Waals surface area (Å²) in [6.45, 7) is 3.83. The van der Waals surface area contributed by atoms with Gasteiger partial charge >= 0.3 is 0 Å². The van der Waals surface area contributed by atoms with Crippen molar-refractivity contribution in [2.45, 2.75) is 25.0 Å². The van der Waals surface area contributed by atoms with Crippen LogP contribution in [0.1, 0.15) is 11.1 Å². The van der Waals surface area contributed by atoms with Crippen molar-refractivity contribution in [3.05, 3.63) is 29.3 Å². The summed E-state index contributed by atoms with van der Waals surface area (Å²) in [7, 11) is -0.532. The number of hydrogen-bond donors (Lipinski definition) is 0. The summed E-state index contributed by atoms with van der Waals surface area (Å²) in [6, 6.07) is 5.09. The van der Waals surface area contributed by atoms with Crippen LogP contribution in [0.25, 0.3) is 0 Å². The van der Waals surface area contributed by atoms with Crippen molar-refractivity contribution in [2.75, 3.05) is 20.0 Å². The van der Waals surface area contributed by atoms with Gasteiger partial charge in [-0.15, -0.1) is 0 Å². The summed E-state index contributed by atoms with van der Waals surface area (Å²) in [5, 5.41) is 0. The average Bonchev–Trinajstić information content (AvgIpc) is 2.29. The zero-order valence-corrected chi connectivity index (χ0v) is 11.4. The molecule has 0 saturated carbocycles. The molecule has 0 bridgehead atoms. The van der Waals surface area contributed by atoms with Crippen LogP contribution < -0.4 is 0 Å². The third-order valence-electron chi connectivity index (χ3n) is 2.72. The number of hydrogen-bond acceptors (Lipinski definition) is 4. The van der Waals surface area contributed by atoms with Crippen LogP contribution in [0, 0.1) is 13.8 Å². The normalized spacial score (nSPS) is 12.1. The van der Waals surface area contributed by atoms with Gasteiger partial charge in [0.25, 0.3) is 0 Å². The van der Waals surface area contributed by atoms with E-state index >= 15 is 0 Å². The molecule has 0 spiro atoms. The predicted octanol–water partition coefficient (Wildman–Crippen LogP) is 1.70. The highest BCUT2D eigenvalue weighted by Gasteiger charge is 2.21. The molecule has 5 heteroatoms. The molecule has 0 fully saturated rings. The van der Waals surface area contributed by atoms with Gasteiger partial charge in [-0.1, -0.05) is 6.07 Å². The third-order valence-corrected chi connectivity index (χ3v) is 4.40. The minimum atomic E-state index is -3.37. The summed E-state index contributed by atoms with van der Waals surface area (Å²) >= 11 is 0. The third kappa shape index (κ3) is 3.52. The van der Waals surface area contributed by atoms with Gasteiger partial charge in [-0.25, -0.2) is 8.42 Å². The van der Waals surface area contributed by atoms with Crippen LogP contribution in [0.3, 0.4) is 0 Å². The minimum Gasteiger partial charge on any atom is -0.355 e. The first-order valence-corrected chi connectivity index (χ1v) is 6.91. The number of rotatable bonds is 5. The number of benzene rings is 1. The Morgan fingerprint density at radius 2 is 1.71 bits per heavy atom. The zero-order chi connectivity index (χ0) is 13.1. The summed E-state index contributed by atoms with van der Waals surface area (Å²) in [5.74, 6) is -0.178. The van der Waals surface area contributed by atoms with E-state index in [-0.39, 0.29) is 5.75 Å². The van der Waals surface area contributed by atoms with E-state index in [9.17, 15) is 8.42 Å². The van der Waals surface area contributed by atoms with Crippen LogP contribution in [0.5, 0.6) is 0 Å². The van der Waals surface area contributed by atoms with E-state index < -0.39 is 16.1 Å². The van der Waals surface area contributed by atoms with Crippen LogP contribution in [0.2, 0.25) is 0 Å². The smallest absolute Gasteiger partial charge is 0.183 e. The van der Waals surface area contributed by atoms with Crippen molar-refractivity contribution in [3.63, 3.8) is 0 Å². The lowest BCUT2D eigenvalue weighted by Crippen LogP contribution is -2.24. The Labute approximate surface area is 102 Å². The summed E-state index contributed by atoms with van der Waals surface area (Å²) < 4.78 is 33.9. The van der Waals surface area contributed by atoms with Gasteiger partial charge in [-0.3, -0.25) is 0 Å². The van der Waals surface area contributed by atoms with Gasteiger partial charge in [0.2, 0.25) is 0 Å². The van der Waals surface area contributed by atoms with E-state index in [1.165, 1.54) is 14.2 Å². The molecule has 96 valence electrons. The first-order valence-electron chi connectivity index (χ1n) is 5.26. The second-order valence-electron chi connectivity index (χ2n) is 3.93. The second-order valence-corrected chi connectivity index (χ2v) is 5.96. The lowest BCUT2D eigenvalue weighted by atomic mass is 10.1. The first-order chi connectivity index (χ1) is 7.90. The zero-order valence-electron chi connectivity index (χ0n) is 10.6. The van der Waals surface area contributed by atoms with Crippen LogP contribution in [0.4, 0.5) is 0 Å². The standard InChI is InChI=1S/C12H18O4S/c1-9-5-6-11(7-10(9)2)17(13,14)8-12(15-3)16-4/h5-7,12H,8H2,1-4H3. The Morgan fingerprint density at radius 3 is 2.18 bits per heavy atom. The molecule has 0 aromatic heterocycles. The predicted molar refractivity (Wildman–Crippen MR) is 65.8 cm³/mol. The topological polar surface area (TPSA) is 52.6 Å². The molecule has 1 aromatic rings. The Balaban J connectivity index is 3.01. The number of aryl methyl sites for hydroxylation is 2. The lowest BCUT2D eigenvalue weighted by Gasteiger charge is -2.14. The number of ether oxygens (including phenoxy) is 2. The lowest BCUT2D eigenvalue weighted by molar-refractivity contribution is -0.0851. The number of sulfone groups is 1. The molecule has 0 aliphatic rings. The fourth-order valence-electron chi connectivity index (χ4n) is 1.42. The first kappa shape index (κ1) is 14.2. The fourth-order valence-corrected chi connectivity index (χ4v) is 2.87. The largest absolute Gasteiger partial charge is 0.355 e. The Kier molecular flexibility index (Phi) is 4.68. The van der Waals surface area contributed by atoms with Gasteiger partial charge in [-0.2, -0.15) is 0 Å². The SMILES string of the molecule is COC(CS(=O)(=O)c1ccc(C)c(C)c1)OC. The Morgan fingerprint density at radius 1 is 1.12 bits per heavy atom. The molecular weight excluding hydrogens is 240 g/mol. The van der Waals surface area contributed by atoms with Gasteiger partial charge in [0.1, 0.15) is 5.75 Å². The van der Waals surface area contributed by atoms with E-state index in [2.05, 4.69) is 0 Å².